The van der Waals surface area contributed by atoms with Gasteiger partial charge in [0.1, 0.15) is 0 Å². The van der Waals surface area contributed by atoms with Crippen LogP contribution in [0.1, 0.15) is 51.4 Å². The van der Waals surface area contributed by atoms with Crippen molar-refractivity contribution in [1.82, 2.24) is 0 Å². The second-order valence-electron chi connectivity index (χ2n) is 4.49. The molecule has 0 spiro atoms. The molecule has 0 aromatic carbocycles. The van der Waals surface area contributed by atoms with E-state index in [4.69, 9.17) is 4.74 Å². The number of carbonyl (C=O) groups excluding carboxylic acids is 1. The van der Waals surface area contributed by atoms with Gasteiger partial charge in [0, 0.05) is 6.42 Å². The summed E-state index contributed by atoms with van der Waals surface area (Å²) in [5, 5.41) is 0. The van der Waals surface area contributed by atoms with Crippen molar-refractivity contribution in [2.75, 3.05) is 6.61 Å². The van der Waals surface area contributed by atoms with E-state index >= 15 is 0 Å². The second-order valence-corrected chi connectivity index (χ2v) is 4.49. The molecule has 0 atom stereocenters. The third kappa shape index (κ3) is 8.80. The van der Waals surface area contributed by atoms with Crippen molar-refractivity contribution in [2.45, 2.75) is 51.4 Å². The van der Waals surface area contributed by atoms with Gasteiger partial charge in [-0.25, -0.2) is 0 Å². The van der Waals surface area contributed by atoms with E-state index in [2.05, 4.69) is 36.5 Å². The van der Waals surface area contributed by atoms with Crippen molar-refractivity contribution in [3.05, 3.63) is 36.5 Å². The molecule has 0 aliphatic carbocycles. The van der Waals surface area contributed by atoms with E-state index < -0.39 is 0 Å². The summed E-state index contributed by atoms with van der Waals surface area (Å²) in [4.78, 5) is 11.4. The number of rotatable bonds is 0. The lowest BCUT2D eigenvalue weighted by atomic mass is 10.1. The highest BCUT2D eigenvalue weighted by molar-refractivity contribution is 5.69. The second kappa shape index (κ2) is 10.8. The molecule has 1 rings (SSSR count). The van der Waals surface area contributed by atoms with Crippen molar-refractivity contribution < 1.29 is 9.53 Å². The molecular formula is C16H24O2. The highest BCUT2D eigenvalue weighted by Crippen LogP contribution is 2.06. The Morgan fingerprint density at radius 1 is 0.778 bits per heavy atom. The van der Waals surface area contributed by atoms with Gasteiger partial charge in [0.2, 0.25) is 0 Å². The molecule has 0 amide bonds. The van der Waals surface area contributed by atoms with Crippen LogP contribution in [-0.2, 0) is 9.53 Å². The Morgan fingerprint density at radius 2 is 1.44 bits per heavy atom. The third-order valence-corrected chi connectivity index (χ3v) is 2.84. The fourth-order valence-corrected chi connectivity index (χ4v) is 1.80. The number of allylic oxidation sites excluding steroid dienone is 5. The lowest BCUT2D eigenvalue weighted by molar-refractivity contribution is -0.143. The molecule has 0 bridgehead atoms. The molecule has 0 aromatic heterocycles. The number of hydrogen-bond donors (Lipinski definition) is 0. The lowest BCUT2D eigenvalue weighted by Crippen LogP contribution is -2.04. The molecule has 0 saturated carbocycles. The molecule has 100 valence electrons. The zero-order valence-corrected chi connectivity index (χ0v) is 11.1. The Hall–Kier alpha value is -1.31. The molecule has 0 radical (unpaired) electrons. The number of carbonyl (C=O) groups is 1. The Labute approximate surface area is 110 Å². The van der Waals surface area contributed by atoms with E-state index in [1.54, 1.807) is 0 Å². The third-order valence-electron chi connectivity index (χ3n) is 2.84. The molecule has 0 N–H and O–H groups in total. The molecule has 0 saturated heterocycles. The Morgan fingerprint density at radius 3 is 2.22 bits per heavy atom. The summed E-state index contributed by atoms with van der Waals surface area (Å²) >= 11 is 0. The van der Waals surface area contributed by atoms with E-state index in [0.717, 1.165) is 44.9 Å². The van der Waals surface area contributed by atoms with Gasteiger partial charge in [-0.2, -0.15) is 0 Å². The van der Waals surface area contributed by atoms with Gasteiger partial charge in [-0.1, -0.05) is 42.9 Å². The topological polar surface area (TPSA) is 26.3 Å². The summed E-state index contributed by atoms with van der Waals surface area (Å²) in [6.45, 7) is 0.514. The van der Waals surface area contributed by atoms with Crippen molar-refractivity contribution in [3.8, 4) is 0 Å². The van der Waals surface area contributed by atoms with Gasteiger partial charge in [-0.05, 0) is 38.5 Å². The van der Waals surface area contributed by atoms with Gasteiger partial charge in [-0.15, -0.1) is 0 Å². The predicted molar refractivity (Wildman–Crippen MR) is 75.3 cm³/mol. The van der Waals surface area contributed by atoms with E-state index in [-0.39, 0.29) is 5.97 Å². The SMILES string of the molecule is O=C1CCCCC/C=C\C/C=C\C/C=C\CCO1. The number of ether oxygens (including phenoxy) is 1. The van der Waals surface area contributed by atoms with Crippen LogP contribution in [0, 0.1) is 0 Å². The molecule has 0 aromatic rings. The van der Waals surface area contributed by atoms with Gasteiger partial charge in [-0.3, -0.25) is 4.79 Å². The highest BCUT2D eigenvalue weighted by Gasteiger charge is 2.01. The lowest BCUT2D eigenvalue weighted by Gasteiger charge is -2.02. The van der Waals surface area contributed by atoms with Crippen molar-refractivity contribution in [1.29, 1.82) is 0 Å². The molecule has 1 aliphatic heterocycles. The molecule has 1 aliphatic rings. The molecular weight excluding hydrogens is 224 g/mol. The normalized spacial score (nSPS) is 25.7. The summed E-state index contributed by atoms with van der Waals surface area (Å²) in [5.41, 5.74) is 0. The van der Waals surface area contributed by atoms with Crippen LogP contribution in [0.15, 0.2) is 36.5 Å². The first-order valence-corrected chi connectivity index (χ1v) is 7.00. The monoisotopic (exact) mass is 248 g/mol. The first-order chi connectivity index (χ1) is 8.89. The maximum Gasteiger partial charge on any atom is 0.305 e. The minimum Gasteiger partial charge on any atom is -0.465 e. The zero-order valence-electron chi connectivity index (χ0n) is 11.1. The van der Waals surface area contributed by atoms with Crippen LogP contribution in [0.5, 0.6) is 0 Å². The van der Waals surface area contributed by atoms with Crippen LogP contribution in [0.3, 0.4) is 0 Å². The van der Waals surface area contributed by atoms with Gasteiger partial charge < -0.3 is 4.74 Å². The van der Waals surface area contributed by atoms with E-state index in [1.165, 1.54) is 0 Å². The van der Waals surface area contributed by atoms with E-state index in [0.29, 0.717) is 13.0 Å². The fourth-order valence-electron chi connectivity index (χ4n) is 1.80. The maximum absolute atomic E-state index is 11.4. The Balaban J connectivity index is 2.31. The number of esters is 1. The molecule has 0 fully saturated rings. The van der Waals surface area contributed by atoms with Crippen LogP contribution >= 0.6 is 0 Å². The quantitative estimate of drug-likeness (QED) is 0.471. The van der Waals surface area contributed by atoms with Crippen molar-refractivity contribution >= 4 is 5.97 Å². The van der Waals surface area contributed by atoms with Crippen LogP contribution in [0.2, 0.25) is 0 Å². The summed E-state index contributed by atoms with van der Waals surface area (Å²) in [6.07, 6.45) is 20.7. The van der Waals surface area contributed by atoms with Crippen molar-refractivity contribution in [3.63, 3.8) is 0 Å². The predicted octanol–water partition coefficient (Wildman–Crippen LogP) is 4.33. The zero-order chi connectivity index (χ0) is 12.9. The highest BCUT2D eigenvalue weighted by atomic mass is 16.5. The number of hydrogen-bond acceptors (Lipinski definition) is 2. The Kier molecular flexibility index (Phi) is 8.87. The molecule has 0 unspecified atom stereocenters. The summed E-state index contributed by atoms with van der Waals surface area (Å²) in [7, 11) is 0. The molecule has 2 nitrogen and oxygen atoms in total. The minimum atomic E-state index is -0.0526. The average Bonchev–Trinajstić information content (AvgIpc) is 2.37. The van der Waals surface area contributed by atoms with Crippen LogP contribution in [0.4, 0.5) is 0 Å². The van der Waals surface area contributed by atoms with Crippen LogP contribution in [0.25, 0.3) is 0 Å². The van der Waals surface area contributed by atoms with Gasteiger partial charge >= 0.3 is 5.97 Å². The first kappa shape index (κ1) is 14.7. The van der Waals surface area contributed by atoms with Gasteiger partial charge in [0.15, 0.2) is 0 Å². The smallest absolute Gasteiger partial charge is 0.305 e. The standard InChI is InChI=1S/C16H24O2/c17-16-14-12-10-8-6-4-2-1-3-5-7-9-11-13-15-18-16/h2-5,9,11H,1,6-8,10,12-15H2/b4-2-,5-3-,11-9-. The van der Waals surface area contributed by atoms with Crippen LogP contribution in [-0.4, -0.2) is 12.6 Å². The minimum absolute atomic E-state index is 0.0526. The van der Waals surface area contributed by atoms with Crippen molar-refractivity contribution in [2.24, 2.45) is 0 Å². The summed E-state index contributed by atoms with van der Waals surface area (Å²) in [5.74, 6) is -0.0526. The average molecular weight is 248 g/mol. The maximum atomic E-state index is 11.4. The molecule has 1 heterocycles. The van der Waals surface area contributed by atoms with Gasteiger partial charge in [0.05, 0.1) is 6.61 Å². The molecule has 18 heavy (non-hydrogen) atoms. The van der Waals surface area contributed by atoms with Gasteiger partial charge in [0.25, 0.3) is 0 Å². The summed E-state index contributed by atoms with van der Waals surface area (Å²) < 4.78 is 5.15. The Bertz CT molecular complexity index is 300. The largest absolute Gasteiger partial charge is 0.465 e. The first-order valence-electron chi connectivity index (χ1n) is 7.00. The van der Waals surface area contributed by atoms with E-state index in [1.807, 2.05) is 0 Å². The van der Waals surface area contributed by atoms with E-state index in [9.17, 15) is 4.79 Å². The fraction of sp³-hybridized carbons (Fsp3) is 0.562. The summed E-state index contributed by atoms with van der Waals surface area (Å²) in [6, 6.07) is 0. The van der Waals surface area contributed by atoms with Crippen LogP contribution < -0.4 is 0 Å². The number of cyclic esters (lactones) is 1. The molecule has 2 heteroatoms.